The summed E-state index contributed by atoms with van der Waals surface area (Å²) in [5.41, 5.74) is 1.66. The number of nitrogens with zero attached hydrogens (tertiary/aromatic N) is 3. The fourth-order valence-electron chi connectivity index (χ4n) is 2.79. The third-order valence-electron chi connectivity index (χ3n) is 3.91. The van der Waals surface area contributed by atoms with Gasteiger partial charge < -0.3 is 18.9 Å². The summed E-state index contributed by atoms with van der Waals surface area (Å²) in [6, 6.07) is 3.78. The number of fused-ring (bicyclic) bond motifs is 1. The predicted molar refractivity (Wildman–Crippen MR) is 77.1 cm³/mol. The fourth-order valence-corrected chi connectivity index (χ4v) is 2.79. The van der Waals surface area contributed by atoms with E-state index in [0.717, 1.165) is 37.3 Å². The van der Waals surface area contributed by atoms with Crippen LogP contribution in [0, 0.1) is 0 Å². The Morgan fingerprint density at radius 2 is 2.32 bits per heavy atom. The summed E-state index contributed by atoms with van der Waals surface area (Å²) in [6.07, 6.45) is 4.35. The fraction of sp³-hybridized carbons (Fsp3) is 0.467. The van der Waals surface area contributed by atoms with E-state index < -0.39 is 0 Å². The normalized spacial score (nSPS) is 19.6. The van der Waals surface area contributed by atoms with E-state index in [4.69, 9.17) is 18.9 Å². The van der Waals surface area contributed by atoms with Gasteiger partial charge in [-0.05, 0) is 25.0 Å². The molecule has 1 atom stereocenters. The molecule has 0 radical (unpaired) electrons. The Bertz CT molecular complexity index is 679. The number of benzene rings is 1. The molecule has 0 amide bonds. The van der Waals surface area contributed by atoms with Gasteiger partial charge in [0.2, 0.25) is 12.5 Å². The lowest BCUT2D eigenvalue weighted by Gasteiger charge is -2.08. The van der Waals surface area contributed by atoms with Crippen LogP contribution in [0.5, 0.6) is 17.2 Å². The van der Waals surface area contributed by atoms with E-state index in [0.29, 0.717) is 17.2 Å². The van der Waals surface area contributed by atoms with Crippen LogP contribution in [0.25, 0.3) is 11.3 Å². The van der Waals surface area contributed by atoms with Crippen LogP contribution in [0.2, 0.25) is 0 Å². The van der Waals surface area contributed by atoms with Gasteiger partial charge in [0.15, 0.2) is 11.5 Å². The first-order valence-electron chi connectivity index (χ1n) is 7.33. The van der Waals surface area contributed by atoms with Crippen molar-refractivity contribution < 1.29 is 18.9 Å². The van der Waals surface area contributed by atoms with Crippen molar-refractivity contribution in [3.8, 4) is 28.5 Å². The molecule has 0 bridgehead atoms. The molecule has 0 saturated carbocycles. The van der Waals surface area contributed by atoms with Crippen LogP contribution >= 0.6 is 0 Å². The summed E-state index contributed by atoms with van der Waals surface area (Å²) in [6.45, 7) is 1.78. The summed E-state index contributed by atoms with van der Waals surface area (Å²) in [5, 5.41) is 8.41. The van der Waals surface area contributed by atoms with Gasteiger partial charge in [0.1, 0.15) is 5.69 Å². The quantitative estimate of drug-likeness (QED) is 0.859. The minimum atomic E-state index is 0.209. The van der Waals surface area contributed by atoms with Crippen molar-refractivity contribution in [3.63, 3.8) is 0 Å². The summed E-state index contributed by atoms with van der Waals surface area (Å²) < 4.78 is 23.6. The molecule has 2 aromatic rings. The lowest BCUT2D eigenvalue weighted by atomic mass is 10.1. The molecule has 7 nitrogen and oxygen atoms in total. The Labute approximate surface area is 127 Å². The maximum Gasteiger partial charge on any atom is 0.231 e. The Hall–Kier alpha value is -2.28. The number of aromatic nitrogens is 3. The number of rotatable bonds is 4. The van der Waals surface area contributed by atoms with Crippen molar-refractivity contribution in [2.75, 3.05) is 20.5 Å². The molecule has 1 saturated heterocycles. The molecule has 3 heterocycles. The van der Waals surface area contributed by atoms with Gasteiger partial charge in [-0.25, -0.2) is 4.68 Å². The molecule has 2 aliphatic heterocycles. The molecule has 1 aromatic heterocycles. The van der Waals surface area contributed by atoms with Gasteiger partial charge in [-0.2, -0.15) is 0 Å². The second kappa shape index (κ2) is 5.49. The predicted octanol–water partition coefficient (Wildman–Crippen LogP) is 1.86. The summed E-state index contributed by atoms with van der Waals surface area (Å²) in [7, 11) is 1.61. The van der Waals surface area contributed by atoms with E-state index in [1.807, 2.05) is 23.0 Å². The van der Waals surface area contributed by atoms with Gasteiger partial charge in [0.05, 0.1) is 26.0 Å². The van der Waals surface area contributed by atoms with Crippen LogP contribution < -0.4 is 14.2 Å². The SMILES string of the molecule is COc1cc(-c2cn(C[C@@H]3CCCO3)nn2)cc2c1OCO2. The van der Waals surface area contributed by atoms with Gasteiger partial charge >= 0.3 is 0 Å². The molecule has 0 aliphatic carbocycles. The zero-order chi connectivity index (χ0) is 14.9. The first-order valence-corrected chi connectivity index (χ1v) is 7.33. The maximum atomic E-state index is 5.62. The first-order chi connectivity index (χ1) is 10.8. The Balaban J connectivity index is 1.60. The second-order valence-corrected chi connectivity index (χ2v) is 5.37. The minimum Gasteiger partial charge on any atom is -0.493 e. The van der Waals surface area contributed by atoms with E-state index >= 15 is 0 Å². The molecule has 0 unspecified atom stereocenters. The van der Waals surface area contributed by atoms with Crippen molar-refractivity contribution in [2.45, 2.75) is 25.5 Å². The molecule has 1 aromatic carbocycles. The summed E-state index contributed by atoms with van der Waals surface area (Å²) in [5.74, 6) is 1.94. The Morgan fingerprint density at radius 1 is 1.36 bits per heavy atom. The van der Waals surface area contributed by atoms with Crippen LogP contribution in [-0.2, 0) is 11.3 Å². The highest BCUT2D eigenvalue weighted by molar-refractivity contribution is 5.68. The second-order valence-electron chi connectivity index (χ2n) is 5.37. The molecular formula is C15H17N3O4. The van der Waals surface area contributed by atoms with Crippen molar-refractivity contribution in [1.82, 2.24) is 15.0 Å². The monoisotopic (exact) mass is 303 g/mol. The molecule has 4 rings (SSSR count). The molecule has 0 spiro atoms. The summed E-state index contributed by atoms with van der Waals surface area (Å²) >= 11 is 0. The molecule has 0 N–H and O–H groups in total. The third-order valence-corrected chi connectivity index (χ3v) is 3.91. The lowest BCUT2D eigenvalue weighted by Crippen LogP contribution is -2.15. The van der Waals surface area contributed by atoms with Gasteiger partial charge in [0.25, 0.3) is 0 Å². The molecule has 7 heteroatoms. The van der Waals surface area contributed by atoms with Crippen molar-refractivity contribution in [3.05, 3.63) is 18.3 Å². The number of methoxy groups -OCH3 is 1. The molecular weight excluding hydrogens is 286 g/mol. The Morgan fingerprint density at radius 3 is 3.14 bits per heavy atom. The smallest absolute Gasteiger partial charge is 0.231 e. The maximum absolute atomic E-state index is 5.62. The lowest BCUT2D eigenvalue weighted by molar-refractivity contribution is 0.0935. The first kappa shape index (κ1) is 13.4. The number of ether oxygens (including phenoxy) is 4. The van der Waals surface area contributed by atoms with Gasteiger partial charge in [-0.3, -0.25) is 0 Å². The molecule has 116 valence electrons. The topological polar surface area (TPSA) is 67.6 Å². The third kappa shape index (κ3) is 2.37. The van der Waals surface area contributed by atoms with Gasteiger partial charge in [-0.1, -0.05) is 5.21 Å². The van der Waals surface area contributed by atoms with Gasteiger partial charge in [-0.15, -0.1) is 5.10 Å². The van der Waals surface area contributed by atoms with E-state index in [9.17, 15) is 0 Å². The zero-order valence-corrected chi connectivity index (χ0v) is 12.3. The van der Waals surface area contributed by atoms with Crippen molar-refractivity contribution in [2.24, 2.45) is 0 Å². The zero-order valence-electron chi connectivity index (χ0n) is 12.3. The highest BCUT2D eigenvalue weighted by atomic mass is 16.7. The minimum absolute atomic E-state index is 0.209. The van der Waals surface area contributed by atoms with E-state index in [1.165, 1.54) is 0 Å². The summed E-state index contributed by atoms with van der Waals surface area (Å²) in [4.78, 5) is 0. The Kier molecular flexibility index (Phi) is 3.34. The number of hydrogen-bond donors (Lipinski definition) is 0. The van der Waals surface area contributed by atoms with E-state index in [2.05, 4.69) is 10.3 Å². The van der Waals surface area contributed by atoms with Crippen molar-refractivity contribution >= 4 is 0 Å². The highest BCUT2D eigenvalue weighted by Crippen LogP contribution is 2.43. The molecule has 22 heavy (non-hydrogen) atoms. The average molecular weight is 303 g/mol. The van der Waals surface area contributed by atoms with Crippen LogP contribution in [0.1, 0.15) is 12.8 Å². The molecule has 2 aliphatic rings. The van der Waals surface area contributed by atoms with Crippen LogP contribution in [0.4, 0.5) is 0 Å². The standard InChI is InChI=1S/C15H17N3O4/c1-19-13-5-10(6-14-15(13)22-9-21-14)12-8-18(17-16-12)7-11-3-2-4-20-11/h5-6,8,11H,2-4,7,9H2,1H3/t11-/m0/s1. The largest absolute Gasteiger partial charge is 0.493 e. The van der Waals surface area contributed by atoms with Gasteiger partial charge in [0, 0.05) is 12.2 Å². The van der Waals surface area contributed by atoms with E-state index in [-0.39, 0.29) is 12.9 Å². The number of hydrogen-bond acceptors (Lipinski definition) is 6. The molecule has 1 fully saturated rings. The highest BCUT2D eigenvalue weighted by Gasteiger charge is 2.22. The van der Waals surface area contributed by atoms with Crippen LogP contribution in [0.15, 0.2) is 18.3 Å². The van der Waals surface area contributed by atoms with E-state index in [1.54, 1.807) is 7.11 Å². The average Bonchev–Trinajstić information content (AvgIpc) is 3.27. The van der Waals surface area contributed by atoms with Crippen LogP contribution in [0.3, 0.4) is 0 Å². The van der Waals surface area contributed by atoms with Crippen LogP contribution in [-0.4, -0.2) is 41.6 Å². The van der Waals surface area contributed by atoms with Crippen molar-refractivity contribution in [1.29, 1.82) is 0 Å².